The Morgan fingerprint density at radius 1 is 1.00 bits per heavy atom. The van der Waals surface area contributed by atoms with Gasteiger partial charge in [0.1, 0.15) is 23.6 Å². The van der Waals surface area contributed by atoms with Gasteiger partial charge in [0.2, 0.25) is 5.91 Å². The second-order valence-corrected chi connectivity index (χ2v) is 7.57. The van der Waals surface area contributed by atoms with E-state index in [9.17, 15) is 9.59 Å². The highest BCUT2D eigenvalue weighted by Gasteiger charge is 2.43. The third kappa shape index (κ3) is 4.81. The van der Waals surface area contributed by atoms with Crippen molar-refractivity contribution in [3.05, 3.63) is 89.4 Å². The Morgan fingerprint density at radius 2 is 1.61 bits per heavy atom. The SMILES string of the molecule is CC(=O)NC[C@@H]1OC(=O)N(c2ccc(Oc3ccc(Cl)cc3)cc2)[C@H]1c1ccccc1. The molecular formula is C24H21ClN2O4. The van der Waals surface area contributed by atoms with E-state index < -0.39 is 12.2 Å². The van der Waals surface area contributed by atoms with E-state index in [1.54, 1.807) is 41.3 Å². The quantitative estimate of drug-likeness (QED) is 0.566. The Labute approximate surface area is 185 Å². The summed E-state index contributed by atoms with van der Waals surface area (Å²) in [5.74, 6) is 1.12. The summed E-state index contributed by atoms with van der Waals surface area (Å²) in [6.45, 7) is 1.67. The molecule has 0 radical (unpaired) electrons. The number of hydrogen-bond acceptors (Lipinski definition) is 4. The lowest BCUT2D eigenvalue weighted by Crippen LogP contribution is -2.36. The zero-order valence-electron chi connectivity index (χ0n) is 16.8. The summed E-state index contributed by atoms with van der Waals surface area (Å²) in [7, 11) is 0. The first-order chi connectivity index (χ1) is 15.0. The monoisotopic (exact) mass is 436 g/mol. The molecule has 0 saturated carbocycles. The molecule has 2 atom stereocenters. The standard InChI is InChI=1S/C24H21ClN2O4/c1-16(28)26-15-22-23(17-5-3-2-4-6-17)27(24(29)31-22)19-9-13-21(14-10-19)30-20-11-7-18(25)8-12-20/h2-14,22-23H,15H2,1H3,(H,26,28)/t22-,23-/m0/s1. The third-order valence-electron chi connectivity index (χ3n) is 4.94. The Hall–Kier alpha value is -3.51. The molecule has 0 bridgehead atoms. The molecule has 1 aliphatic rings. The van der Waals surface area contributed by atoms with Gasteiger partial charge in [-0.15, -0.1) is 0 Å². The first kappa shape index (κ1) is 20.8. The maximum Gasteiger partial charge on any atom is 0.415 e. The molecule has 6 nitrogen and oxygen atoms in total. The predicted molar refractivity (Wildman–Crippen MR) is 119 cm³/mol. The van der Waals surface area contributed by atoms with Crippen molar-refractivity contribution in [3.8, 4) is 11.5 Å². The van der Waals surface area contributed by atoms with E-state index in [-0.39, 0.29) is 18.5 Å². The second-order valence-electron chi connectivity index (χ2n) is 7.13. The van der Waals surface area contributed by atoms with Gasteiger partial charge in [0, 0.05) is 17.6 Å². The van der Waals surface area contributed by atoms with Crippen LogP contribution in [0, 0.1) is 0 Å². The number of amides is 2. The van der Waals surface area contributed by atoms with Gasteiger partial charge in [-0.05, 0) is 54.1 Å². The number of cyclic esters (lactones) is 1. The number of carbonyl (C=O) groups excluding carboxylic acids is 2. The van der Waals surface area contributed by atoms with Crippen molar-refractivity contribution in [2.75, 3.05) is 11.4 Å². The number of hydrogen-bond donors (Lipinski definition) is 1. The van der Waals surface area contributed by atoms with Gasteiger partial charge in [-0.2, -0.15) is 0 Å². The van der Waals surface area contributed by atoms with Crippen molar-refractivity contribution in [2.45, 2.75) is 19.1 Å². The molecule has 0 aromatic heterocycles. The van der Waals surface area contributed by atoms with Crippen molar-refractivity contribution in [3.63, 3.8) is 0 Å². The molecule has 0 unspecified atom stereocenters. The fourth-order valence-corrected chi connectivity index (χ4v) is 3.65. The molecule has 1 heterocycles. The number of anilines is 1. The van der Waals surface area contributed by atoms with Gasteiger partial charge in [-0.1, -0.05) is 41.9 Å². The highest BCUT2D eigenvalue weighted by atomic mass is 35.5. The summed E-state index contributed by atoms with van der Waals surface area (Å²) < 4.78 is 11.4. The first-order valence-corrected chi connectivity index (χ1v) is 10.2. The molecule has 1 fully saturated rings. The van der Waals surface area contributed by atoms with Crippen LogP contribution in [-0.2, 0) is 9.53 Å². The highest BCUT2D eigenvalue weighted by molar-refractivity contribution is 6.30. The van der Waals surface area contributed by atoms with Gasteiger partial charge in [-0.25, -0.2) is 4.79 Å². The molecule has 4 rings (SSSR count). The van der Waals surface area contributed by atoms with Crippen LogP contribution < -0.4 is 15.0 Å². The van der Waals surface area contributed by atoms with E-state index >= 15 is 0 Å². The van der Waals surface area contributed by atoms with E-state index in [4.69, 9.17) is 21.1 Å². The number of benzene rings is 3. The zero-order valence-corrected chi connectivity index (χ0v) is 17.6. The molecule has 1 N–H and O–H groups in total. The van der Waals surface area contributed by atoms with Crippen LogP contribution in [0.3, 0.4) is 0 Å². The largest absolute Gasteiger partial charge is 0.457 e. The van der Waals surface area contributed by atoms with Gasteiger partial charge < -0.3 is 14.8 Å². The van der Waals surface area contributed by atoms with Crippen molar-refractivity contribution < 1.29 is 19.1 Å². The number of carbonyl (C=O) groups is 2. The van der Waals surface area contributed by atoms with Gasteiger partial charge in [-0.3, -0.25) is 9.69 Å². The Bertz CT molecular complexity index is 1060. The molecule has 1 aliphatic heterocycles. The van der Waals surface area contributed by atoms with E-state index in [2.05, 4.69) is 5.32 Å². The van der Waals surface area contributed by atoms with Crippen LogP contribution in [0.1, 0.15) is 18.5 Å². The molecular weight excluding hydrogens is 416 g/mol. The molecule has 2 amide bonds. The fourth-order valence-electron chi connectivity index (χ4n) is 3.52. The molecule has 31 heavy (non-hydrogen) atoms. The smallest absolute Gasteiger partial charge is 0.415 e. The van der Waals surface area contributed by atoms with E-state index in [1.165, 1.54) is 6.92 Å². The Kier molecular flexibility index (Phi) is 6.09. The van der Waals surface area contributed by atoms with E-state index in [1.807, 2.05) is 42.5 Å². The van der Waals surface area contributed by atoms with Crippen LogP contribution in [0.4, 0.5) is 10.5 Å². The lowest BCUT2D eigenvalue weighted by atomic mass is 10.00. The molecule has 1 saturated heterocycles. The van der Waals surface area contributed by atoms with Crippen LogP contribution in [0.2, 0.25) is 5.02 Å². The van der Waals surface area contributed by atoms with Crippen LogP contribution in [0.15, 0.2) is 78.9 Å². The van der Waals surface area contributed by atoms with Crippen LogP contribution in [0.25, 0.3) is 0 Å². The minimum absolute atomic E-state index is 0.176. The third-order valence-corrected chi connectivity index (χ3v) is 5.19. The van der Waals surface area contributed by atoms with Crippen molar-refractivity contribution in [1.82, 2.24) is 5.32 Å². The van der Waals surface area contributed by atoms with Gasteiger partial charge >= 0.3 is 6.09 Å². The number of rotatable bonds is 6. The molecule has 158 valence electrons. The average Bonchev–Trinajstić information content (AvgIpc) is 3.11. The molecule has 0 spiro atoms. The topological polar surface area (TPSA) is 67.9 Å². The Morgan fingerprint density at radius 3 is 2.23 bits per heavy atom. The summed E-state index contributed by atoms with van der Waals surface area (Å²) in [5, 5.41) is 3.38. The fraction of sp³-hybridized carbons (Fsp3) is 0.167. The summed E-state index contributed by atoms with van der Waals surface area (Å²) >= 11 is 5.91. The van der Waals surface area contributed by atoms with Crippen LogP contribution in [-0.4, -0.2) is 24.6 Å². The lowest BCUT2D eigenvalue weighted by molar-refractivity contribution is -0.119. The van der Waals surface area contributed by atoms with Crippen molar-refractivity contribution in [1.29, 1.82) is 0 Å². The van der Waals surface area contributed by atoms with Gasteiger partial charge in [0.25, 0.3) is 0 Å². The summed E-state index contributed by atoms with van der Waals surface area (Å²) in [4.78, 5) is 25.8. The van der Waals surface area contributed by atoms with Crippen molar-refractivity contribution >= 4 is 29.3 Å². The first-order valence-electron chi connectivity index (χ1n) is 9.84. The van der Waals surface area contributed by atoms with Crippen LogP contribution >= 0.6 is 11.6 Å². The summed E-state index contributed by atoms with van der Waals surface area (Å²) in [6.07, 6.45) is -0.973. The minimum Gasteiger partial charge on any atom is -0.457 e. The van der Waals surface area contributed by atoms with Gasteiger partial charge in [0.15, 0.2) is 0 Å². The van der Waals surface area contributed by atoms with Crippen LogP contribution in [0.5, 0.6) is 11.5 Å². The molecule has 3 aromatic rings. The maximum atomic E-state index is 12.8. The second kappa shape index (κ2) is 9.10. The zero-order chi connectivity index (χ0) is 21.8. The highest BCUT2D eigenvalue weighted by Crippen LogP contribution is 2.38. The number of ether oxygens (including phenoxy) is 2. The summed E-state index contributed by atoms with van der Waals surface area (Å²) in [6, 6.07) is 23.5. The van der Waals surface area contributed by atoms with Gasteiger partial charge in [0.05, 0.1) is 6.54 Å². The van der Waals surface area contributed by atoms with E-state index in [0.717, 1.165) is 5.56 Å². The van der Waals surface area contributed by atoms with E-state index in [0.29, 0.717) is 22.2 Å². The number of halogens is 1. The normalized spacial score (nSPS) is 17.9. The average molecular weight is 437 g/mol. The Balaban J connectivity index is 1.59. The molecule has 3 aromatic carbocycles. The lowest BCUT2D eigenvalue weighted by Gasteiger charge is -2.25. The minimum atomic E-state index is -0.510. The maximum absolute atomic E-state index is 12.8. The predicted octanol–water partition coefficient (Wildman–Crippen LogP) is 5.33. The summed E-state index contributed by atoms with van der Waals surface area (Å²) in [5.41, 5.74) is 1.60. The number of nitrogens with zero attached hydrogens (tertiary/aromatic N) is 1. The van der Waals surface area contributed by atoms with Crippen molar-refractivity contribution in [2.24, 2.45) is 0 Å². The molecule has 0 aliphatic carbocycles. The molecule has 7 heteroatoms. The number of nitrogens with one attached hydrogen (secondary N) is 1.